The summed E-state index contributed by atoms with van der Waals surface area (Å²) in [6, 6.07) is 4.66. The van der Waals surface area contributed by atoms with Crippen molar-refractivity contribution in [3.8, 4) is 0 Å². The molecule has 0 unspecified atom stereocenters. The summed E-state index contributed by atoms with van der Waals surface area (Å²) >= 11 is 0. The molecule has 82 valence electrons. The van der Waals surface area contributed by atoms with Crippen LogP contribution in [0.2, 0.25) is 0 Å². The van der Waals surface area contributed by atoms with E-state index in [4.69, 9.17) is 4.74 Å². The molecule has 16 heavy (non-hydrogen) atoms. The molecule has 5 nitrogen and oxygen atoms in total. The molecule has 0 amide bonds. The summed E-state index contributed by atoms with van der Waals surface area (Å²) in [7, 11) is 0. The summed E-state index contributed by atoms with van der Waals surface area (Å²) in [6.45, 7) is 2.06. The third kappa shape index (κ3) is 1.79. The van der Waals surface area contributed by atoms with Crippen LogP contribution in [0.1, 0.15) is 17.3 Å². The van der Waals surface area contributed by atoms with Crippen molar-refractivity contribution < 1.29 is 9.53 Å². The fraction of sp³-hybridized carbons (Fsp3) is 0.182. The van der Waals surface area contributed by atoms with Gasteiger partial charge in [-0.05, 0) is 25.1 Å². The van der Waals surface area contributed by atoms with Crippen LogP contribution in [-0.2, 0) is 4.74 Å². The minimum Gasteiger partial charge on any atom is -0.462 e. The van der Waals surface area contributed by atoms with Crippen LogP contribution >= 0.6 is 0 Å². The highest BCUT2D eigenvalue weighted by Crippen LogP contribution is 2.10. The fourth-order valence-corrected chi connectivity index (χ4v) is 1.41. The molecule has 0 aliphatic carbocycles. The van der Waals surface area contributed by atoms with E-state index in [1.54, 1.807) is 25.1 Å². The van der Waals surface area contributed by atoms with Crippen molar-refractivity contribution in [2.24, 2.45) is 0 Å². The molecular formula is C11H10N2O3. The number of nitrogens with zero attached hydrogens (tertiary/aromatic N) is 1. The van der Waals surface area contributed by atoms with E-state index >= 15 is 0 Å². The summed E-state index contributed by atoms with van der Waals surface area (Å²) in [5.74, 6) is -0.411. The van der Waals surface area contributed by atoms with Crippen molar-refractivity contribution in [2.45, 2.75) is 6.92 Å². The Kier molecular flexibility index (Phi) is 2.68. The average Bonchev–Trinajstić information content (AvgIpc) is 2.29. The number of H-pyrrole nitrogens is 1. The van der Waals surface area contributed by atoms with Gasteiger partial charge in [-0.3, -0.25) is 4.79 Å². The van der Waals surface area contributed by atoms with Gasteiger partial charge in [0.25, 0.3) is 5.56 Å². The molecule has 0 aliphatic rings. The Morgan fingerprint density at radius 2 is 2.31 bits per heavy atom. The molecule has 0 spiro atoms. The second kappa shape index (κ2) is 4.14. The Labute approximate surface area is 91.1 Å². The maximum Gasteiger partial charge on any atom is 0.338 e. The largest absolute Gasteiger partial charge is 0.462 e. The second-order valence-corrected chi connectivity index (χ2v) is 3.18. The molecule has 1 aromatic heterocycles. The number of esters is 1. The van der Waals surface area contributed by atoms with Crippen LogP contribution in [0.4, 0.5) is 0 Å². The van der Waals surface area contributed by atoms with Crippen LogP contribution in [-0.4, -0.2) is 22.5 Å². The highest BCUT2D eigenvalue weighted by molar-refractivity contribution is 5.93. The van der Waals surface area contributed by atoms with Gasteiger partial charge in [-0.25, -0.2) is 9.78 Å². The minimum atomic E-state index is -0.411. The van der Waals surface area contributed by atoms with E-state index in [0.717, 1.165) is 0 Å². The second-order valence-electron chi connectivity index (χ2n) is 3.18. The van der Waals surface area contributed by atoms with Crippen LogP contribution in [0, 0.1) is 0 Å². The normalized spacial score (nSPS) is 10.3. The number of rotatable bonds is 2. The van der Waals surface area contributed by atoms with Gasteiger partial charge in [-0.1, -0.05) is 0 Å². The molecular weight excluding hydrogens is 208 g/mol. The van der Waals surface area contributed by atoms with Crippen LogP contribution in [0.15, 0.2) is 29.3 Å². The lowest BCUT2D eigenvalue weighted by atomic mass is 10.1. The third-order valence-electron chi connectivity index (χ3n) is 2.15. The Morgan fingerprint density at radius 3 is 3.06 bits per heavy atom. The monoisotopic (exact) mass is 218 g/mol. The van der Waals surface area contributed by atoms with Crippen molar-refractivity contribution >= 4 is 16.9 Å². The number of aromatic nitrogens is 2. The Balaban J connectivity index is 2.53. The zero-order valence-corrected chi connectivity index (χ0v) is 8.69. The Hall–Kier alpha value is -2.17. The number of carbonyl (C=O) groups excluding carboxylic acids is 1. The smallest absolute Gasteiger partial charge is 0.338 e. The number of hydrogen-bond donors (Lipinski definition) is 1. The van der Waals surface area contributed by atoms with Gasteiger partial charge in [0.15, 0.2) is 0 Å². The molecule has 1 N–H and O–H groups in total. The van der Waals surface area contributed by atoms with Crippen molar-refractivity contribution in [2.75, 3.05) is 6.61 Å². The molecule has 0 saturated carbocycles. The van der Waals surface area contributed by atoms with E-state index < -0.39 is 5.97 Å². The molecule has 0 bridgehead atoms. The highest BCUT2D eigenvalue weighted by atomic mass is 16.5. The molecule has 0 fully saturated rings. The number of fused-ring (bicyclic) bond motifs is 1. The summed E-state index contributed by atoms with van der Waals surface area (Å²) in [4.78, 5) is 29.3. The van der Waals surface area contributed by atoms with E-state index in [9.17, 15) is 9.59 Å². The van der Waals surface area contributed by atoms with Gasteiger partial charge in [0, 0.05) is 0 Å². The van der Waals surface area contributed by atoms with Gasteiger partial charge in [-0.15, -0.1) is 0 Å². The summed E-state index contributed by atoms with van der Waals surface area (Å²) in [5.41, 5.74) is 0.655. The molecule has 2 rings (SSSR count). The van der Waals surface area contributed by atoms with Gasteiger partial charge in [0.2, 0.25) is 0 Å². The molecule has 0 aliphatic heterocycles. The molecule has 0 saturated heterocycles. The van der Waals surface area contributed by atoms with Gasteiger partial charge < -0.3 is 9.72 Å². The lowest BCUT2D eigenvalue weighted by Gasteiger charge is -2.02. The Bertz CT molecular complexity index is 589. The standard InChI is InChI=1S/C11H10N2O3/c1-2-16-11(15)7-3-4-8-9(5-7)12-6-13-10(8)14/h3-6H,2H2,1H3,(H,12,13,14). The van der Waals surface area contributed by atoms with Gasteiger partial charge in [-0.2, -0.15) is 0 Å². The van der Waals surface area contributed by atoms with Crippen LogP contribution in [0.25, 0.3) is 10.9 Å². The lowest BCUT2D eigenvalue weighted by molar-refractivity contribution is 0.0526. The van der Waals surface area contributed by atoms with E-state index in [2.05, 4.69) is 9.97 Å². The van der Waals surface area contributed by atoms with Gasteiger partial charge >= 0.3 is 5.97 Å². The summed E-state index contributed by atoms with van der Waals surface area (Å²) < 4.78 is 4.85. The number of carbonyl (C=O) groups is 1. The molecule has 1 aromatic carbocycles. The van der Waals surface area contributed by atoms with Crippen LogP contribution in [0.3, 0.4) is 0 Å². The third-order valence-corrected chi connectivity index (χ3v) is 2.15. The maximum absolute atomic E-state index is 11.4. The molecule has 5 heteroatoms. The van der Waals surface area contributed by atoms with Crippen molar-refractivity contribution in [1.82, 2.24) is 9.97 Å². The zero-order chi connectivity index (χ0) is 11.5. The Morgan fingerprint density at radius 1 is 1.50 bits per heavy atom. The number of hydrogen-bond acceptors (Lipinski definition) is 4. The number of nitrogens with one attached hydrogen (secondary N) is 1. The average molecular weight is 218 g/mol. The SMILES string of the molecule is CCOC(=O)c1ccc2c(=O)[nH]cnc2c1. The molecule has 2 aromatic rings. The van der Waals surface area contributed by atoms with Gasteiger partial charge in [0.1, 0.15) is 0 Å². The van der Waals surface area contributed by atoms with Crippen molar-refractivity contribution in [1.29, 1.82) is 0 Å². The first kappa shape index (κ1) is 10.4. The van der Waals surface area contributed by atoms with Crippen LogP contribution < -0.4 is 5.56 Å². The van der Waals surface area contributed by atoms with E-state index in [-0.39, 0.29) is 5.56 Å². The predicted octanol–water partition coefficient (Wildman–Crippen LogP) is 1.10. The maximum atomic E-state index is 11.4. The first-order valence-electron chi connectivity index (χ1n) is 4.87. The minimum absolute atomic E-state index is 0.222. The number of aromatic amines is 1. The predicted molar refractivity (Wildman–Crippen MR) is 58.3 cm³/mol. The summed E-state index contributed by atoms with van der Waals surface area (Å²) in [5, 5.41) is 0.454. The summed E-state index contributed by atoms with van der Waals surface area (Å²) in [6.07, 6.45) is 1.31. The molecule has 0 radical (unpaired) electrons. The quantitative estimate of drug-likeness (QED) is 0.766. The van der Waals surface area contributed by atoms with Crippen molar-refractivity contribution in [3.63, 3.8) is 0 Å². The van der Waals surface area contributed by atoms with E-state index in [0.29, 0.717) is 23.1 Å². The zero-order valence-electron chi connectivity index (χ0n) is 8.69. The first-order chi connectivity index (χ1) is 7.72. The van der Waals surface area contributed by atoms with E-state index in [1.165, 1.54) is 6.33 Å². The first-order valence-corrected chi connectivity index (χ1v) is 4.87. The highest BCUT2D eigenvalue weighted by Gasteiger charge is 2.08. The molecule has 0 atom stereocenters. The molecule has 1 heterocycles. The van der Waals surface area contributed by atoms with Crippen molar-refractivity contribution in [3.05, 3.63) is 40.4 Å². The van der Waals surface area contributed by atoms with Crippen LogP contribution in [0.5, 0.6) is 0 Å². The number of ether oxygens (including phenoxy) is 1. The topological polar surface area (TPSA) is 72.1 Å². The van der Waals surface area contributed by atoms with E-state index in [1.807, 2.05) is 0 Å². The lowest BCUT2D eigenvalue weighted by Crippen LogP contribution is -2.08. The fourth-order valence-electron chi connectivity index (χ4n) is 1.41. The number of benzene rings is 1. The van der Waals surface area contributed by atoms with Gasteiger partial charge in [0.05, 0.1) is 29.4 Å².